The lowest BCUT2D eigenvalue weighted by atomic mass is 10.1. The van der Waals surface area contributed by atoms with Gasteiger partial charge in [-0.2, -0.15) is 0 Å². The summed E-state index contributed by atoms with van der Waals surface area (Å²) in [6, 6.07) is 9.57. The van der Waals surface area contributed by atoms with Crippen LogP contribution in [0, 0.1) is 17.8 Å². The number of amides is 2. The lowest BCUT2D eigenvalue weighted by Gasteiger charge is -2.20. The summed E-state index contributed by atoms with van der Waals surface area (Å²) in [5, 5.41) is 2.75. The average Bonchev–Trinajstić information content (AvgIpc) is 3.43. The molecule has 0 radical (unpaired) electrons. The van der Waals surface area contributed by atoms with Crippen molar-refractivity contribution in [3.8, 4) is 0 Å². The number of piperidine rings is 1. The molecular formula is C26H34N4O2. The number of hydrogen-bond donors (Lipinski definition) is 1. The van der Waals surface area contributed by atoms with Crippen LogP contribution in [-0.4, -0.2) is 47.5 Å². The lowest BCUT2D eigenvalue weighted by Crippen LogP contribution is -2.30. The summed E-state index contributed by atoms with van der Waals surface area (Å²) in [4.78, 5) is 31.5. The number of aliphatic imine (C=N–C) groups is 1. The number of rotatable bonds is 6. The van der Waals surface area contributed by atoms with Crippen LogP contribution < -0.4 is 5.32 Å². The second-order valence-corrected chi connectivity index (χ2v) is 8.58. The first-order valence-corrected chi connectivity index (χ1v) is 11.5. The minimum atomic E-state index is -0.115. The number of nitrogens with one attached hydrogen (secondary N) is 1. The number of carbonyl (C=O) groups excluding carboxylic acids is 2. The molecule has 3 unspecified atom stereocenters. The SMILES string of the molecule is C=C1N=CC(C(=O)NCC)=CN1/C=C\C(C)CC.O=C(c1ccccc1)N1CC2CC2C1. The van der Waals surface area contributed by atoms with Gasteiger partial charge in [-0.1, -0.05) is 51.1 Å². The van der Waals surface area contributed by atoms with Gasteiger partial charge in [0.2, 0.25) is 0 Å². The van der Waals surface area contributed by atoms with Crippen molar-refractivity contribution in [3.63, 3.8) is 0 Å². The number of benzene rings is 1. The highest BCUT2D eigenvalue weighted by Crippen LogP contribution is 2.45. The fraction of sp³-hybridized carbons (Fsp3) is 0.423. The molecule has 1 aromatic carbocycles. The minimum absolute atomic E-state index is 0.115. The largest absolute Gasteiger partial charge is 0.352 e. The molecule has 1 saturated carbocycles. The van der Waals surface area contributed by atoms with Crippen LogP contribution in [0.4, 0.5) is 0 Å². The summed E-state index contributed by atoms with van der Waals surface area (Å²) in [6.45, 7) is 12.6. The molecule has 32 heavy (non-hydrogen) atoms. The van der Waals surface area contributed by atoms with E-state index < -0.39 is 0 Å². The zero-order chi connectivity index (χ0) is 23.1. The van der Waals surface area contributed by atoms with Crippen molar-refractivity contribution in [3.05, 3.63) is 72.3 Å². The highest BCUT2D eigenvalue weighted by atomic mass is 16.2. The van der Waals surface area contributed by atoms with Crippen molar-refractivity contribution < 1.29 is 9.59 Å². The average molecular weight is 435 g/mol. The van der Waals surface area contributed by atoms with Gasteiger partial charge in [-0.15, -0.1) is 0 Å². The number of likely N-dealkylation sites (tertiary alicyclic amines) is 1. The zero-order valence-electron chi connectivity index (χ0n) is 19.3. The molecule has 2 heterocycles. The molecule has 2 aliphatic heterocycles. The topological polar surface area (TPSA) is 65.0 Å². The van der Waals surface area contributed by atoms with Crippen molar-refractivity contribution in [2.75, 3.05) is 19.6 Å². The Hall–Kier alpha value is -3.15. The quantitative estimate of drug-likeness (QED) is 0.730. The van der Waals surface area contributed by atoms with Crippen molar-refractivity contribution in [1.29, 1.82) is 0 Å². The Morgan fingerprint density at radius 3 is 2.53 bits per heavy atom. The van der Waals surface area contributed by atoms with Gasteiger partial charge in [0.05, 0.1) is 5.57 Å². The van der Waals surface area contributed by atoms with E-state index in [4.69, 9.17) is 0 Å². The van der Waals surface area contributed by atoms with E-state index in [1.165, 1.54) is 6.42 Å². The third-order valence-electron chi connectivity index (χ3n) is 6.03. The summed E-state index contributed by atoms with van der Waals surface area (Å²) in [7, 11) is 0. The highest BCUT2D eigenvalue weighted by Gasteiger charge is 2.46. The smallest absolute Gasteiger partial charge is 0.254 e. The number of hydrogen-bond acceptors (Lipinski definition) is 4. The number of fused-ring (bicyclic) bond motifs is 1. The number of allylic oxidation sites excluding steroid dienone is 1. The fourth-order valence-corrected chi connectivity index (χ4v) is 3.68. The molecule has 1 saturated heterocycles. The van der Waals surface area contributed by atoms with Gasteiger partial charge in [-0.25, -0.2) is 4.99 Å². The molecule has 1 aromatic rings. The van der Waals surface area contributed by atoms with Gasteiger partial charge in [0, 0.05) is 43.8 Å². The molecule has 3 aliphatic rings. The number of carbonyl (C=O) groups is 2. The summed E-state index contributed by atoms with van der Waals surface area (Å²) < 4.78 is 0. The van der Waals surface area contributed by atoms with Gasteiger partial charge in [0.25, 0.3) is 11.8 Å². The molecule has 2 fully saturated rings. The van der Waals surface area contributed by atoms with Crippen LogP contribution in [0.5, 0.6) is 0 Å². The van der Waals surface area contributed by atoms with E-state index in [0.29, 0.717) is 23.9 Å². The molecule has 0 aromatic heterocycles. The van der Waals surface area contributed by atoms with E-state index in [-0.39, 0.29) is 11.8 Å². The van der Waals surface area contributed by atoms with E-state index in [1.54, 1.807) is 17.3 Å². The summed E-state index contributed by atoms with van der Waals surface area (Å²) in [6.07, 6.45) is 9.70. The van der Waals surface area contributed by atoms with E-state index >= 15 is 0 Å². The van der Waals surface area contributed by atoms with Crippen molar-refractivity contribution in [2.24, 2.45) is 22.7 Å². The molecule has 0 bridgehead atoms. The molecular weight excluding hydrogens is 400 g/mol. The Kier molecular flexibility index (Phi) is 8.03. The first kappa shape index (κ1) is 23.5. The van der Waals surface area contributed by atoms with Crippen LogP contribution in [0.2, 0.25) is 0 Å². The monoisotopic (exact) mass is 434 g/mol. The summed E-state index contributed by atoms with van der Waals surface area (Å²) in [5.41, 5.74) is 1.37. The molecule has 3 atom stereocenters. The van der Waals surface area contributed by atoms with Crippen molar-refractivity contribution >= 4 is 18.0 Å². The van der Waals surface area contributed by atoms with Crippen molar-refractivity contribution in [1.82, 2.24) is 15.1 Å². The maximum atomic E-state index is 11.9. The van der Waals surface area contributed by atoms with Crippen molar-refractivity contribution in [2.45, 2.75) is 33.6 Å². The van der Waals surface area contributed by atoms with Gasteiger partial charge in [-0.3, -0.25) is 9.59 Å². The maximum Gasteiger partial charge on any atom is 0.254 e. The molecule has 0 spiro atoms. The fourth-order valence-electron chi connectivity index (χ4n) is 3.68. The Balaban J connectivity index is 0.000000185. The lowest BCUT2D eigenvalue weighted by molar-refractivity contribution is -0.116. The Labute approximate surface area is 191 Å². The van der Waals surface area contributed by atoms with E-state index in [9.17, 15) is 9.59 Å². The zero-order valence-corrected chi connectivity index (χ0v) is 19.3. The van der Waals surface area contributed by atoms with E-state index in [2.05, 4.69) is 36.8 Å². The first-order valence-electron chi connectivity index (χ1n) is 11.5. The Morgan fingerprint density at radius 2 is 1.91 bits per heavy atom. The minimum Gasteiger partial charge on any atom is -0.352 e. The van der Waals surface area contributed by atoms with Crippen LogP contribution in [0.1, 0.15) is 44.0 Å². The predicted octanol–water partition coefficient (Wildman–Crippen LogP) is 4.20. The standard InChI is InChI=1S/C14H21N3O.C12H13NO/c1-5-11(3)7-8-17-10-13(9-16-12(17)4)14(18)15-6-2;14-12(9-4-2-1-3-5-9)13-7-10-6-11(10)8-13/h7-11H,4-6H2,1-3H3,(H,15,18);1-5,10-11H,6-8H2/b8-7-;. The van der Waals surface area contributed by atoms with Crippen LogP contribution >= 0.6 is 0 Å². The van der Waals surface area contributed by atoms with Gasteiger partial charge in [-0.05, 0) is 43.2 Å². The van der Waals surface area contributed by atoms with E-state index in [1.807, 2.05) is 48.4 Å². The molecule has 6 heteroatoms. The molecule has 1 aliphatic carbocycles. The van der Waals surface area contributed by atoms with Crippen LogP contribution in [0.3, 0.4) is 0 Å². The van der Waals surface area contributed by atoms with Gasteiger partial charge in [0.1, 0.15) is 5.82 Å². The van der Waals surface area contributed by atoms with E-state index in [0.717, 1.165) is 36.9 Å². The molecule has 4 rings (SSSR count). The molecule has 1 N–H and O–H groups in total. The van der Waals surface area contributed by atoms with Gasteiger partial charge < -0.3 is 15.1 Å². The second kappa shape index (κ2) is 10.9. The Morgan fingerprint density at radius 1 is 1.22 bits per heavy atom. The predicted molar refractivity (Wildman–Crippen MR) is 129 cm³/mol. The summed E-state index contributed by atoms with van der Waals surface area (Å²) in [5.74, 6) is 2.84. The highest BCUT2D eigenvalue weighted by molar-refractivity contribution is 6.12. The molecule has 2 amide bonds. The molecule has 6 nitrogen and oxygen atoms in total. The number of nitrogens with zero attached hydrogens (tertiary/aromatic N) is 3. The third-order valence-corrected chi connectivity index (χ3v) is 6.03. The van der Waals surface area contributed by atoms with Gasteiger partial charge >= 0.3 is 0 Å². The Bertz CT molecular complexity index is 909. The van der Waals surface area contributed by atoms with Crippen LogP contribution in [0.25, 0.3) is 0 Å². The second-order valence-electron chi connectivity index (χ2n) is 8.58. The maximum absolute atomic E-state index is 11.9. The normalized spacial score (nSPS) is 22.1. The molecule has 170 valence electrons. The van der Waals surface area contributed by atoms with Crippen LogP contribution in [-0.2, 0) is 4.79 Å². The van der Waals surface area contributed by atoms with Gasteiger partial charge in [0.15, 0.2) is 0 Å². The third kappa shape index (κ3) is 6.19. The summed E-state index contributed by atoms with van der Waals surface area (Å²) >= 11 is 0. The first-order chi connectivity index (χ1) is 15.4. The number of likely N-dealkylation sites (N-methyl/N-ethyl adjacent to an activating group) is 1. The van der Waals surface area contributed by atoms with Crippen LogP contribution in [0.15, 0.2) is 71.8 Å².